The van der Waals surface area contributed by atoms with E-state index >= 15 is 0 Å². The van der Waals surface area contributed by atoms with Crippen LogP contribution in [0, 0.1) is 5.92 Å². The van der Waals surface area contributed by atoms with E-state index in [9.17, 15) is 37.6 Å². The molecule has 4 atom stereocenters. The minimum atomic E-state index is -5.14. The monoisotopic (exact) mass is 774 g/mol. The minimum absolute atomic E-state index is 0.00500. The van der Waals surface area contributed by atoms with Crippen LogP contribution in [-0.2, 0) is 35.9 Å². The number of carboxylic acids is 1. The number of nitrogens with zero attached hydrogens (tertiary/aromatic N) is 4. The number of carbonyl (C=O) groups is 3. The molecule has 3 aliphatic rings. The zero-order valence-electron chi connectivity index (χ0n) is 30.2. The summed E-state index contributed by atoms with van der Waals surface area (Å²) >= 11 is 0.627. The van der Waals surface area contributed by atoms with E-state index in [1.807, 2.05) is 13.0 Å². The first-order valence-electron chi connectivity index (χ1n) is 17.0. The Hall–Kier alpha value is -4.68. The number of aliphatic imine (C=N–C) groups is 2. The van der Waals surface area contributed by atoms with Gasteiger partial charge in [-0.3, -0.25) is 14.1 Å². The van der Waals surface area contributed by atoms with Crippen molar-refractivity contribution in [3.63, 3.8) is 0 Å². The highest BCUT2D eigenvalue weighted by Crippen LogP contribution is 2.46. The Morgan fingerprint density at radius 3 is 2.58 bits per heavy atom. The maximum absolute atomic E-state index is 13.6. The number of carbonyl (C=O) groups excluding carboxylic acids is 2. The first kappa shape index (κ1) is 41.1. The molecule has 53 heavy (non-hydrogen) atoms. The Morgan fingerprint density at radius 1 is 1.28 bits per heavy atom. The number of amides is 2. The third-order valence-corrected chi connectivity index (χ3v) is 11.2. The number of unbranched alkanes of at least 4 members (excludes halogenated alkanes) is 2. The molecule has 1 fully saturated rings. The zero-order chi connectivity index (χ0) is 39.2. The van der Waals surface area contributed by atoms with Crippen LogP contribution in [0.1, 0.15) is 83.3 Å². The Labute approximate surface area is 312 Å². The lowest BCUT2D eigenvalue weighted by molar-refractivity contribution is -0.161. The highest BCUT2D eigenvalue weighted by molar-refractivity contribution is 8.14. The summed E-state index contributed by atoms with van der Waals surface area (Å²) in [6.45, 7) is 10.5. The first-order valence-corrected chi connectivity index (χ1v) is 19.3. The number of aryl methyl sites for hydroxylation is 1. The second-order valence-electron chi connectivity index (χ2n) is 13.4. The first-order chi connectivity index (χ1) is 24.9. The lowest BCUT2D eigenvalue weighted by Gasteiger charge is -2.43. The van der Waals surface area contributed by atoms with Crippen LogP contribution in [-0.4, -0.2) is 86.1 Å². The van der Waals surface area contributed by atoms with Gasteiger partial charge in [0.05, 0.1) is 5.70 Å². The fourth-order valence-electron chi connectivity index (χ4n) is 5.92. The van der Waals surface area contributed by atoms with Crippen molar-refractivity contribution in [1.29, 1.82) is 0 Å². The molecule has 1 aromatic carbocycles. The number of allylic oxidation sites excluding steroid dienone is 3. The van der Waals surface area contributed by atoms with Gasteiger partial charge >= 0.3 is 16.3 Å². The van der Waals surface area contributed by atoms with Crippen LogP contribution in [0.15, 0.2) is 63.4 Å². The number of carboxylic acid groups (broad SMARTS) is 1. The van der Waals surface area contributed by atoms with Crippen LogP contribution in [0.2, 0.25) is 0 Å². The predicted octanol–water partition coefficient (Wildman–Crippen LogP) is 4.19. The van der Waals surface area contributed by atoms with Gasteiger partial charge in [0.15, 0.2) is 5.71 Å². The van der Waals surface area contributed by atoms with Crippen molar-refractivity contribution in [2.45, 2.75) is 95.6 Å². The standard InChI is InChI=1S/C35H46N6O10S2/c1-7-9-10-11-20-17-24(42)27(22-16-19(3)12-13-21(22)8-2)25(18-20)50-34(37-6)52-32-29(31(44)41(32)53(47,48)49)39-30(43)28(23-14-15-26(36)38-23)40-51-35(4,5)33(45)46/h8,14,16-18,21-22,29,32,42H,2,7,9-13,15H2,1,3-6H3,(H2,36,38)(H,39,43)(H,45,46)(H,47,48,49)/b37-34+,40-28-/t21-,22-,29-,32?/m1/s1. The molecule has 18 heteroatoms. The summed E-state index contributed by atoms with van der Waals surface area (Å²) in [5.74, 6) is -3.58. The second kappa shape index (κ2) is 17.0. The maximum Gasteiger partial charge on any atom is 0.363 e. The number of phenolic OH excluding ortho intramolecular Hbond substituents is 1. The van der Waals surface area contributed by atoms with E-state index in [1.54, 1.807) is 12.1 Å². The Balaban J connectivity index is 1.69. The number of aromatic hydroxyl groups is 1. The number of hydrogen-bond acceptors (Lipinski definition) is 13. The zero-order valence-corrected chi connectivity index (χ0v) is 31.9. The molecule has 4 rings (SSSR count). The molecule has 2 amide bonds. The smallest absolute Gasteiger partial charge is 0.363 e. The van der Waals surface area contributed by atoms with Crippen LogP contribution in [0.5, 0.6) is 11.5 Å². The number of nitrogens with two attached hydrogens (primary N) is 1. The van der Waals surface area contributed by atoms with Crippen LogP contribution < -0.4 is 15.8 Å². The third-order valence-electron chi connectivity index (χ3n) is 8.93. The summed E-state index contributed by atoms with van der Waals surface area (Å²) < 4.78 is 41.3. The topological polar surface area (TPSA) is 243 Å². The number of thioether (sulfide) groups is 1. The third kappa shape index (κ3) is 9.66. The number of oxime groups is 1. The number of rotatable bonds is 15. The average molecular weight is 775 g/mol. The SMILES string of the molecule is C=C[C@@H]1CCC(C)=C[C@H]1c1c(O)cc(CCCCC)cc1O/C(=N\C)SC1[C@H](NC(=O)/C(=N\OC(C)(C)C(=O)O)C2=CCC(N)=N2)C(=O)N1S(=O)(=O)O. The highest BCUT2D eigenvalue weighted by Gasteiger charge is 2.56. The fraction of sp³-hybridized carbons (Fsp3) is 0.486. The molecule has 0 saturated carbocycles. The van der Waals surface area contributed by atoms with Gasteiger partial charge in [-0.05, 0) is 87.9 Å². The van der Waals surface area contributed by atoms with Gasteiger partial charge in [-0.2, -0.15) is 12.7 Å². The molecule has 1 aliphatic carbocycles. The predicted molar refractivity (Wildman–Crippen MR) is 201 cm³/mol. The lowest BCUT2D eigenvalue weighted by Crippen LogP contribution is -2.71. The van der Waals surface area contributed by atoms with Gasteiger partial charge in [-0.25, -0.2) is 14.8 Å². The second-order valence-corrected chi connectivity index (χ2v) is 15.7. The number of benzene rings is 1. The summed E-state index contributed by atoms with van der Waals surface area (Å²) in [7, 11) is -3.77. The number of nitrogens with one attached hydrogen (secondary N) is 1. The lowest BCUT2D eigenvalue weighted by atomic mass is 9.76. The Bertz CT molecular complexity index is 1900. The number of amidine groups is 1. The summed E-state index contributed by atoms with van der Waals surface area (Å²) in [4.78, 5) is 51.7. The van der Waals surface area contributed by atoms with Crippen LogP contribution in [0.3, 0.4) is 0 Å². The highest BCUT2D eigenvalue weighted by atomic mass is 32.2. The molecule has 0 radical (unpaired) electrons. The Morgan fingerprint density at radius 2 is 2.00 bits per heavy atom. The molecule has 288 valence electrons. The van der Waals surface area contributed by atoms with Crippen molar-refractivity contribution in [2.75, 3.05) is 7.05 Å². The Kier molecular flexibility index (Phi) is 13.2. The molecular formula is C35H46N6O10S2. The molecule has 0 spiro atoms. The van der Waals surface area contributed by atoms with Gasteiger partial charge in [0.2, 0.25) is 5.60 Å². The molecule has 2 heterocycles. The van der Waals surface area contributed by atoms with Gasteiger partial charge in [0, 0.05) is 24.9 Å². The minimum Gasteiger partial charge on any atom is -0.507 e. The van der Waals surface area contributed by atoms with Crippen molar-refractivity contribution in [3.8, 4) is 11.5 Å². The molecule has 16 nitrogen and oxygen atoms in total. The summed E-state index contributed by atoms with van der Waals surface area (Å²) in [6, 6.07) is 1.92. The van der Waals surface area contributed by atoms with Crippen molar-refractivity contribution < 1.29 is 47.1 Å². The number of phenols is 1. The van der Waals surface area contributed by atoms with Crippen molar-refractivity contribution in [2.24, 2.45) is 26.8 Å². The van der Waals surface area contributed by atoms with Gasteiger partial charge in [-0.1, -0.05) is 42.6 Å². The van der Waals surface area contributed by atoms with E-state index in [0.29, 0.717) is 23.7 Å². The van der Waals surface area contributed by atoms with Crippen LogP contribution in [0.4, 0.5) is 0 Å². The summed E-state index contributed by atoms with van der Waals surface area (Å²) in [5.41, 5.74) is 5.71. The normalized spacial score (nSPS) is 22.3. The maximum atomic E-state index is 13.6. The number of hydrogen-bond donors (Lipinski definition) is 5. The number of aliphatic carboxylic acids is 1. The largest absolute Gasteiger partial charge is 0.507 e. The van der Waals surface area contributed by atoms with E-state index in [4.69, 9.17) is 15.3 Å². The quantitative estimate of drug-likeness (QED) is 0.0321. The number of β-lactam (4-membered cyclic amide) rings is 1. The van der Waals surface area contributed by atoms with E-state index in [2.05, 4.69) is 40.0 Å². The van der Waals surface area contributed by atoms with Gasteiger partial charge in [0.25, 0.3) is 17.0 Å². The molecule has 1 aromatic rings. The molecular weight excluding hydrogens is 729 g/mol. The van der Waals surface area contributed by atoms with E-state index in [0.717, 1.165) is 43.2 Å². The molecule has 0 bridgehead atoms. The molecule has 1 unspecified atom stereocenters. The molecule has 6 N–H and O–H groups in total. The van der Waals surface area contributed by atoms with E-state index < -0.39 is 50.8 Å². The van der Waals surface area contributed by atoms with Gasteiger partial charge in [-0.15, -0.1) is 6.58 Å². The summed E-state index contributed by atoms with van der Waals surface area (Å²) in [6.07, 6.45) is 10.6. The van der Waals surface area contributed by atoms with Crippen LogP contribution >= 0.6 is 11.8 Å². The van der Waals surface area contributed by atoms with Gasteiger partial charge < -0.3 is 30.8 Å². The molecule has 0 aromatic heterocycles. The average Bonchev–Trinajstić information content (AvgIpc) is 3.51. The molecule has 2 aliphatic heterocycles. The van der Waals surface area contributed by atoms with E-state index in [-0.39, 0.29) is 50.8 Å². The summed E-state index contributed by atoms with van der Waals surface area (Å²) in [5, 5.41) is 25.3. The van der Waals surface area contributed by atoms with E-state index in [1.165, 1.54) is 27.0 Å². The number of ether oxygens (including phenoxy) is 1. The van der Waals surface area contributed by atoms with Crippen molar-refractivity contribution in [1.82, 2.24) is 9.62 Å². The van der Waals surface area contributed by atoms with Crippen molar-refractivity contribution in [3.05, 3.63) is 59.3 Å². The fourth-order valence-corrected chi connectivity index (χ4v) is 8.07. The van der Waals surface area contributed by atoms with Gasteiger partial charge in [0.1, 0.15) is 28.8 Å². The van der Waals surface area contributed by atoms with Crippen molar-refractivity contribution >= 4 is 56.6 Å². The molecule has 1 saturated heterocycles. The van der Waals surface area contributed by atoms with Crippen LogP contribution in [0.25, 0.3) is 0 Å².